The van der Waals surface area contributed by atoms with Gasteiger partial charge in [-0.2, -0.15) is 4.31 Å². The maximum atomic E-state index is 13.3. The Balaban J connectivity index is 1.90. The van der Waals surface area contributed by atoms with Crippen molar-refractivity contribution in [2.45, 2.75) is 49.9 Å². The molecule has 1 aliphatic carbocycles. The minimum atomic E-state index is -3.81. The van der Waals surface area contributed by atoms with Crippen LogP contribution in [0.1, 0.15) is 37.7 Å². The van der Waals surface area contributed by atoms with Crippen molar-refractivity contribution < 1.29 is 22.7 Å². The molecule has 5 nitrogen and oxygen atoms in total. The molecule has 1 aliphatic heterocycles. The number of carboxylic acid groups (broad SMARTS) is 1. The first-order valence-electron chi connectivity index (χ1n) is 7.87. The van der Waals surface area contributed by atoms with Crippen LogP contribution in [0.3, 0.4) is 0 Å². The van der Waals surface area contributed by atoms with Gasteiger partial charge in [-0.25, -0.2) is 12.8 Å². The van der Waals surface area contributed by atoms with Gasteiger partial charge in [0, 0.05) is 6.04 Å². The Labute approximate surface area is 135 Å². The molecule has 1 N–H and O–H groups in total. The normalized spacial score (nSPS) is 28.5. The summed E-state index contributed by atoms with van der Waals surface area (Å²) in [6.07, 6.45) is 3.89. The molecule has 1 saturated heterocycles. The SMILES string of the molecule is O=C(O)C1CC2CCCCC2N1S(=O)(=O)Cc1cccc(F)c1. The Morgan fingerprint density at radius 1 is 1.30 bits per heavy atom. The summed E-state index contributed by atoms with van der Waals surface area (Å²) in [5.41, 5.74) is 0.341. The summed E-state index contributed by atoms with van der Waals surface area (Å²) in [5, 5.41) is 9.44. The number of fused-ring (bicyclic) bond motifs is 1. The largest absolute Gasteiger partial charge is 0.480 e. The van der Waals surface area contributed by atoms with Crippen molar-refractivity contribution >= 4 is 16.0 Å². The topological polar surface area (TPSA) is 74.7 Å². The maximum Gasteiger partial charge on any atom is 0.322 e. The van der Waals surface area contributed by atoms with E-state index in [2.05, 4.69) is 0 Å². The molecule has 1 heterocycles. The van der Waals surface area contributed by atoms with Crippen LogP contribution >= 0.6 is 0 Å². The Hall–Kier alpha value is -1.47. The summed E-state index contributed by atoms with van der Waals surface area (Å²) < 4.78 is 40.1. The van der Waals surface area contributed by atoms with Crippen LogP contribution in [0, 0.1) is 11.7 Å². The number of carbonyl (C=O) groups is 1. The summed E-state index contributed by atoms with van der Waals surface area (Å²) >= 11 is 0. The van der Waals surface area contributed by atoms with Gasteiger partial charge in [-0.3, -0.25) is 4.79 Å². The molecule has 1 aromatic rings. The molecule has 7 heteroatoms. The molecule has 3 unspecified atom stereocenters. The van der Waals surface area contributed by atoms with Crippen LogP contribution in [-0.4, -0.2) is 35.9 Å². The number of hydrogen-bond acceptors (Lipinski definition) is 3. The molecule has 0 amide bonds. The van der Waals surface area contributed by atoms with Crippen LogP contribution in [0.15, 0.2) is 24.3 Å². The number of aliphatic carboxylic acids is 1. The lowest BCUT2D eigenvalue weighted by molar-refractivity contribution is -0.141. The molecule has 3 rings (SSSR count). The molecule has 126 valence electrons. The number of benzene rings is 1. The zero-order valence-electron chi connectivity index (χ0n) is 12.7. The fourth-order valence-corrected chi connectivity index (χ4v) is 5.95. The summed E-state index contributed by atoms with van der Waals surface area (Å²) in [7, 11) is -3.81. The Morgan fingerprint density at radius 2 is 2.04 bits per heavy atom. The van der Waals surface area contributed by atoms with Gasteiger partial charge in [0.25, 0.3) is 0 Å². The van der Waals surface area contributed by atoms with Crippen LogP contribution in [0.4, 0.5) is 4.39 Å². The van der Waals surface area contributed by atoms with E-state index in [0.717, 1.165) is 19.3 Å². The van der Waals surface area contributed by atoms with Crippen LogP contribution < -0.4 is 0 Å². The van der Waals surface area contributed by atoms with E-state index in [1.807, 2.05) is 0 Å². The number of sulfonamides is 1. The van der Waals surface area contributed by atoms with Crippen molar-refractivity contribution in [2.75, 3.05) is 0 Å². The highest BCUT2D eigenvalue weighted by atomic mass is 32.2. The third-order valence-electron chi connectivity index (χ3n) is 4.87. The molecular weight excluding hydrogens is 321 g/mol. The van der Waals surface area contributed by atoms with Crippen molar-refractivity contribution in [3.8, 4) is 0 Å². The second kappa shape index (κ2) is 6.20. The summed E-state index contributed by atoms with van der Waals surface area (Å²) in [5.74, 6) is -1.84. The van der Waals surface area contributed by atoms with E-state index in [1.54, 1.807) is 6.07 Å². The van der Waals surface area contributed by atoms with Gasteiger partial charge in [0.05, 0.1) is 5.75 Å². The lowest BCUT2D eigenvalue weighted by Gasteiger charge is -2.32. The predicted octanol–water partition coefficient (Wildman–Crippen LogP) is 2.37. The van der Waals surface area contributed by atoms with E-state index in [-0.39, 0.29) is 17.7 Å². The van der Waals surface area contributed by atoms with Gasteiger partial charge < -0.3 is 5.11 Å². The molecular formula is C16H20FNO4S. The Kier molecular flexibility index (Phi) is 4.42. The molecule has 0 bridgehead atoms. The number of halogens is 1. The smallest absolute Gasteiger partial charge is 0.322 e. The van der Waals surface area contributed by atoms with E-state index in [9.17, 15) is 22.7 Å². The minimum Gasteiger partial charge on any atom is -0.480 e. The first kappa shape index (κ1) is 16.4. The fraction of sp³-hybridized carbons (Fsp3) is 0.562. The molecule has 0 radical (unpaired) electrons. The van der Waals surface area contributed by atoms with Crippen molar-refractivity contribution in [1.29, 1.82) is 0 Å². The lowest BCUT2D eigenvalue weighted by Crippen LogP contribution is -2.46. The van der Waals surface area contributed by atoms with E-state index in [1.165, 1.54) is 22.5 Å². The zero-order valence-corrected chi connectivity index (χ0v) is 13.5. The van der Waals surface area contributed by atoms with E-state index in [4.69, 9.17) is 0 Å². The zero-order chi connectivity index (χ0) is 16.6. The minimum absolute atomic E-state index is 0.118. The third-order valence-corrected chi connectivity index (χ3v) is 6.74. The van der Waals surface area contributed by atoms with Crippen molar-refractivity contribution in [3.05, 3.63) is 35.6 Å². The monoisotopic (exact) mass is 341 g/mol. The van der Waals surface area contributed by atoms with Gasteiger partial charge in [-0.15, -0.1) is 0 Å². The van der Waals surface area contributed by atoms with Gasteiger partial charge in [0.1, 0.15) is 11.9 Å². The number of rotatable bonds is 4. The van der Waals surface area contributed by atoms with E-state index < -0.39 is 27.9 Å². The molecule has 2 aliphatic rings. The standard InChI is InChI=1S/C16H20FNO4S/c17-13-6-3-4-11(8-13)10-23(21,22)18-14-7-2-1-5-12(14)9-15(18)16(19)20/h3-4,6,8,12,14-15H,1-2,5,7,9-10H2,(H,19,20). The molecule has 0 spiro atoms. The third kappa shape index (κ3) is 3.26. The second-order valence-electron chi connectivity index (χ2n) is 6.42. The molecule has 1 saturated carbocycles. The van der Waals surface area contributed by atoms with Gasteiger partial charge >= 0.3 is 5.97 Å². The van der Waals surface area contributed by atoms with Crippen molar-refractivity contribution in [1.82, 2.24) is 4.31 Å². The molecule has 23 heavy (non-hydrogen) atoms. The first-order valence-corrected chi connectivity index (χ1v) is 9.48. The average molecular weight is 341 g/mol. The Morgan fingerprint density at radius 3 is 2.74 bits per heavy atom. The van der Waals surface area contributed by atoms with E-state index >= 15 is 0 Å². The maximum absolute atomic E-state index is 13.3. The molecule has 2 fully saturated rings. The van der Waals surface area contributed by atoms with Crippen molar-refractivity contribution in [3.63, 3.8) is 0 Å². The molecule has 3 atom stereocenters. The van der Waals surface area contributed by atoms with Gasteiger partial charge in [0.15, 0.2) is 0 Å². The molecule has 0 aromatic heterocycles. The van der Waals surface area contributed by atoms with Gasteiger partial charge in [-0.1, -0.05) is 25.0 Å². The average Bonchev–Trinajstić information content (AvgIpc) is 2.87. The summed E-state index contributed by atoms with van der Waals surface area (Å²) in [6.45, 7) is 0. The van der Waals surface area contributed by atoms with Crippen LogP contribution in [0.25, 0.3) is 0 Å². The summed E-state index contributed by atoms with van der Waals surface area (Å²) in [6, 6.07) is 4.21. The number of hydrogen-bond donors (Lipinski definition) is 1. The van der Waals surface area contributed by atoms with Crippen molar-refractivity contribution in [2.24, 2.45) is 5.92 Å². The van der Waals surface area contributed by atoms with E-state index in [0.29, 0.717) is 18.4 Å². The lowest BCUT2D eigenvalue weighted by atomic mass is 9.85. The molecule has 1 aromatic carbocycles. The first-order chi connectivity index (χ1) is 10.9. The van der Waals surface area contributed by atoms with Gasteiger partial charge in [-0.05, 0) is 42.9 Å². The highest BCUT2D eigenvalue weighted by molar-refractivity contribution is 7.88. The van der Waals surface area contributed by atoms with Crippen LogP contribution in [0.5, 0.6) is 0 Å². The number of carboxylic acids is 1. The highest BCUT2D eigenvalue weighted by Crippen LogP contribution is 2.41. The Bertz CT molecular complexity index is 706. The van der Waals surface area contributed by atoms with Crippen LogP contribution in [-0.2, 0) is 20.6 Å². The van der Waals surface area contributed by atoms with Gasteiger partial charge in [0.2, 0.25) is 10.0 Å². The number of nitrogens with zero attached hydrogens (tertiary/aromatic N) is 1. The highest BCUT2D eigenvalue weighted by Gasteiger charge is 2.50. The fourth-order valence-electron chi connectivity index (χ4n) is 3.94. The second-order valence-corrected chi connectivity index (χ2v) is 8.29. The van der Waals surface area contributed by atoms with Crippen LogP contribution in [0.2, 0.25) is 0 Å². The summed E-state index contributed by atoms with van der Waals surface area (Å²) in [4.78, 5) is 11.5. The quantitative estimate of drug-likeness (QED) is 0.912. The predicted molar refractivity (Wildman–Crippen MR) is 82.6 cm³/mol.